The molecule has 0 aliphatic carbocycles. The van der Waals surface area contributed by atoms with Gasteiger partial charge >= 0.3 is 5.97 Å². The Hall–Kier alpha value is -2.04. The van der Waals surface area contributed by atoms with Crippen molar-refractivity contribution in [2.75, 3.05) is 20.3 Å². The number of fused-ring (bicyclic) bond motifs is 1. The van der Waals surface area contributed by atoms with E-state index in [1.54, 1.807) is 18.9 Å². The van der Waals surface area contributed by atoms with Crippen molar-refractivity contribution >= 4 is 11.9 Å². The molecular formula is C17H21NO4. The van der Waals surface area contributed by atoms with Crippen molar-refractivity contribution in [3.63, 3.8) is 0 Å². The molecule has 0 unspecified atom stereocenters. The Labute approximate surface area is 130 Å². The fourth-order valence-electron chi connectivity index (χ4n) is 3.66. The van der Waals surface area contributed by atoms with E-state index in [1.807, 2.05) is 24.3 Å². The summed E-state index contributed by atoms with van der Waals surface area (Å²) in [5.74, 6) is 0.777. The third kappa shape index (κ3) is 2.25. The molecule has 1 aromatic rings. The van der Waals surface area contributed by atoms with Crippen LogP contribution in [0.25, 0.3) is 0 Å². The van der Waals surface area contributed by atoms with Crippen LogP contribution in [0.15, 0.2) is 24.3 Å². The van der Waals surface area contributed by atoms with Gasteiger partial charge in [-0.3, -0.25) is 4.79 Å². The second-order valence-corrected chi connectivity index (χ2v) is 5.93. The molecule has 1 aromatic carbocycles. The van der Waals surface area contributed by atoms with E-state index in [9.17, 15) is 9.59 Å². The number of carbonyl (C=O) groups excluding carboxylic acids is 2. The Kier molecular flexibility index (Phi) is 3.81. The Balaban J connectivity index is 1.85. The molecule has 2 heterocycles. The second-order valence-electron chi connectivity index (χ2n) is 5.93. The SMILES string of the molecule is CCOC(=O)[C@]12CCC(=O)N1C[C@H](c1ccc(OC)cc1)C2. The van der Waals surface area contributed by atoms with Gasteiger partial charge in [-0.1, -0.05) is 12.1 Å². The number of esters is 1. The summed E-state index contributed by atoms with van der Waals surface area (Å²) in [6.07, 6.45) is 1.65. The number of nitrogens with zero attached hydrogens (tertiary/aromatic N) is 1. The first-order chi connectivity index (χ1) is 10.6. The Morgan fingerprint density at radius 2 is 2.09 bits per heavy atom. The first-order valence-corrected chi connectivity index (χ1v) is 7.72. The van der Waals surface area contributed by atoms with Crippen LogP contribution in [0.1, 0.15) is 37.7 Å². The fraction of sp³-hybridized carbons (Fsp3) is 0.529. The lowest BCUT2D eigenvalue weighted by Crippen LogP contribution is -2.48. The molecule has 2 aliphatic rings. The van der Waals surface area contributed by atoms with Crippen molar-refractivity contribution in [3.8, 4) is 5.75 Å². The number of hydrogen-bond acceptors (Lipinski definition) is 4. The summed E-state index contributed by atoms with van der Waals surface area (Å²) in [5.41, 5.74) is 0.379. The minimum atomic E-state index is -0.752. The molecule has 5 heteroatoms. The van der Waals surface area contributed by atoms with Gasteiger partial charge in [0.25, 0.3) is 0 Å². The number of ether oxygens (including phenoxy) is 2. The summed E-state index contributed by atoms with van der Waals surface area (Å²) in [4.78, 5) is 26.3. The zero-order chi connectivity index (χ0) is 15.7. The van der Waals surface area contributed by atoms with Gasteiger partial charge in [0, 0.05) is 18.9 Å². The molecule has 2 atom stereocenters. The van der Waals surface area contributed by atoms with Gasteiger partial charge < -0.3 is 14.4 Å². The zero-order valence-electron chi connectivity index (χ0n) is 13.0. The molecule has 2 fully saturated rings. The van der Waals surface area contributed by atoms with Gasteiger partial charge in [0.15, 0.2) is 0 Å². The number of rotatable bonds is 4. The van der Waals surface area contributed by atoms with Gasteiger partial charge in [-0.05, 0) is 37.5 Å². The smallest absolute Gasteiger partial charge is 0.332 e. The molecule has 2 saturated heterocycles. The topological polar surface area (TPSA) is 55.8 Å². The van der Waals surface area contributed by atoms with E-state index >= 15 is 0 Å². The highest BCUT2D eigenvalue weighted by atomic mass is 16.5. The van der Waals surface area contributed by atoms with Crippen molar-refractivity contribution in [3.05, 3.63) is 29.8 Å². The Morgan fingerprint density at radius 3 is 2.73 bits per heavy atom. The van der Waals surface area contributed by atoms with Gasteiger partial charge in [0.1, 0.15) is 11.3 Å². The lowest BCUT2D eigenvalue weighted by atomic mass is 9.87. The molecule has 1 amide bonds. The lowest BCUT2D eigenvalue weighted by Gasteiger charge is -2.28. The van der Waals surface area contributed by atoms with Gasteiger partial charge in [-0.15, -0.1) is 0 Å². The van der Waals surface area contributed by atoms with Gasteiger partial charge in [-0.2, -0.15) is 0 Å². The highest BCUT2D eigenvalue weighted by Crippen LogP contribution is 2.46. The van der Waals surface area contributed by atoms with Crippen LogP contribution in [0.3, 0.4) is 0 Å². The maximum atomic E-state index is 12.4. The standard InChI is InChI=1S/C17H21NO4/c1-3-22-16(20)17-9-8-15(19)18(17)11-13(10-17)12-4-6-14(21-2)7-5-12/h4-7,13H,3,8-11H2,1-2H3/t13-,17-/m1/s1. The van der Waals surface area contributed by atoms with Crippen LogP contribution in [0.2, 0.25) is 0 Å². The van der Waals surface area contributed by atoms with Crippen LogP contribution in [0.5, 0.6) is 5.75 Å². The predicted octanol–water partition coefficient (Wildman–Crippen LogP) is 2.11. The highest BCUT2D eigenvalue weighted by Gasteiger charge is 2.57. The number of carbonyl (C=O) groups is 2. The molecule has 22 heavy (non-hydrogen) atoms. The molecule has 0 spiro atoms. The van der Waals surface area contributed by atoms with Crippen LogP contribution >= 0.6 is 0 Å². The van der Waals surface area contributed by atoms with Crippen LogP contribution < -0.4 is 4.74 Å². The molecule has 0 aromatic heterocycles. The Bertz CT molecular complexity index is 583. The van der Waals surface area contributed by atoms with Crippen LogP contribution in [0, 0.1) is 0 Å². The minimum absolute atomic E-state index is 0.0593. The monoisotopic (exact) mass is 303 g/mol. The summed E-state index contributed by atoms with van der Waals surface area (Å²) in [6, 6.07) is 7.85. The summed E-state index contributed by atoms with van der Waals surface area (Å²) >= 11 is 0. The normalized spacial score (nSPS) is 26.9. The van der Waals surface area contributed by atoms with Crippen molar-refractivity contribution in [1.82, 2.24) is 4.90 Å². The maximum Gasteiger partial charge on any atom is 0.332 e. The average molecular weight is 303 g/mol. The first kappa shape index (κ1) is 14.9. The first-order valence-electron chi connectivity index (χ1n) is 7.72. The fourth-order valence-corrected chi connectivity index (χ4v) is 3.66. The lowest BCUT2D eigenvalue weighted by molar-refractivity contribution is -0.157. The van der Waals surface area contributed by atoms with Crippen molar-refractivity contribution in [1.29, 1.82) is 0 Å². The number of benzene rings is 1. The highest BCUT2D eigenvalue weighted by molar-refractivity contribution is 5.92. The van der Waals surface area contributed by atoms with E-state index in [4.69, 9.17) is 9.47 Å². The number of hydrogen-bond donors (Lipinski definition) is 0. The van der Waals surface area contributed by atoms with Crippen molar-refractivity contribution in [2.24, 2.45) is 0 Å². The second kappa shape index (κ2) is 5.63. The summed E-state index contributed by atoms with van der Waals surface area (Å²) in [5, 5.41) is 0. The van der Waals surface area contributed by atoms with E-state index in [0.29, 0.717) is 32.4 Å². The third-order valence-corrected chi connectivity index (χ3v) is 4.80. The molecule has 2 aliphatic heterocycles. The van der Waals surface area contributed by atoms with E-state index in [0.717, 1.165) is 11.3 Å². The summed E-state index contributed by atoms with van der Waals surface area (Å²) in [6.45, 7) is 2.73. The van der Waals surface area contributed by atoms with Crippen LogP contribution in [-0.2, 0) is 14.3 Å². The maximum absolute atomic E-state index is 12.4. The molecule has 0 N–H and O–H groups in total. The van der Waals surface area contributed by atoms with Gasteiger partial charge in [0.05, 0.1) is 13.7 Å². The van der Waals surface area contributed by atoms with E-state index < -0.39 is 5.54 Å². The van der Waals surface area contributed by atoms with E-state index in [-0.39, 0.29) is 17.8 Å². The minimum Gasteiger partial charge on any atom is -0.497 e. The molecule has 3 rings (SSSR count). The molecular weight excluding hydrogens is 282 g/mol. The predicted molar refractivity (Wildman–Crippen MR) is 80.7 cm³/mol. The van der Waals surface area contributed by atoms with Crippen LogP contribution in [0.4, 0.5) is 0 Å². The summed E-state index contributed by atoms with van der Waals surface area (Å²) in [7, 11) is 1.63. The quantitative estimate of drug-likeness (QED) is 0.799. The molecule has 0 bridgehead atoms. The largest absolute Gasteiger partial charge is 0.497 e. The summed E-state index contributed by atoms with van der Waals surface area (Å²) < 4.78 is 10.4. The number of methoxy groups -OCH3 is 1. The van der Waals surface area contributed by atoms with Crippen molar-refractivity contribution < 1.29 is 19.1 Å². The average Bonchev–Trinajstić information content (AvgIpc) is 3.07. The van der Waals surface area contributed by atoms with Crippen LogP contribution in [-0.4, -0.2) is 42.6 Å². The molecule has 0 saturated carbocycles. The molecule has 5 nitrogen and oxygen atoms in total. The third-order valence-electron chi connectivity index (χ3n) is 4.80. The van der Waals surface area contributed by atoms with Gasteiger partial charge in [-0.25, -0.2) is 4.79 Å². The van der Waals surface area contributed by atoms with E-state index in [2.05, 4.69) is 0 Å². The van der Waals surface area contributed by atoms with E-state index in [1.165, 1.54) is 0 Å². The zero-order valence-corrected chi connectivity index (χ0v) is 13.0. The number of amides is 1. The van der Waals surface area contributed by atoms with Gasteiger partial charge in [0.2, 0.25) is 5.91 Å². The van der Waals surface area contributed by atoms with Crippen molar-refractivity contribution in [2.45, 2.75) is 37.6 Å². The molecule has 0 radical (unpaired) electrons. The molecule has 118 valence electrons. The Morgan fingerprint density at radius 1 is 1.36 bits per heavy atom.